The molecule has 2 heteroatoms. The molecular weight excluding hydrogens is 126 g/mol. The molecule has 61 valence electrons. The minimum Gasteiger partial charge on any atom is -0.293 e. The number of hydrogen-bond donors (Lipinski definition) is 1. The number of hydrogen-bond acceptors (Lipinski definition) is 1. The lowest BCUT2D eigenvalue weighted by Gasteiger charge is -2.04. The van der Waals surface area contributed by atoms with E-state index in [2.05, 4.69) is 12.2 Å². The Kier molecular flexibility index (Phi) is 6.98. The first kappa shape index (κ1) is 9.92. The van der Waals surface area contributed by atoms with Crippen LogP contribution in [-0.4, -0.2) is 13.3 Å². The van der Waals surface area contributed by atoms with Gasteiger partial charge in [-0.2, -0.15) is 0 Å². The Morgan fingerprint density at radius 1 is 1.30 bits per heavy atom. The van der Waals surface area contributed by atoms with Gasteiger partial charge in [0.05, 0.1) is 0 Å². The molecule has 0 spiro atoms. The standard InChI is InChI=1S/C8H18NO/c1-3-4-5-6-7-8(10)9-2/h8-9H,3-7H2,1-2H3. The Labute approximate surface area is 63.6 Å². The maximum absolute atomic E-state index is 10.7. The Balaban J connectivity index is 2.89. The molecule has 2 nitrogen and oxygen atoms in total. The van der Waals surface area contributed by atoms with E-state index in [1.807, 2.05) is 0 Å². The lowest BCUT2D eigenvalue weighted by molar-refractivity contribution is 0.0563. The SMILES string of the molecule is CCCCCCC([O])NC. The first-order valence-corrected chi connectivity index (χ1v) is 4.14. The van der Waals surface area contributed by atoms with Crippen molar-refractivity contribution in [1.29, 1.82) is 0 Å². The van der Waals surface area contributed by atoms with Crippen LogP contribution in [0.2, 0.25) is 0 Å². The van der Waals surface area contributed by atoms with Crippen molar-refractivity contribution in [2.24, 2.45) is 0 Å². The van der Waals surface area contributed by atoms with Crippen molar-refractivity contribution >= 4 is 0 Å². The van der Waals surface area contributed by atoms with Crippen LogP contribution in [-0.2, 0) is 5.11 Å². The Hall–Kier alpha value is -0.0800. The summed E-state index contributed by atoms with van der Waals surface area (Å²) in [5, 5.41) is 13.4. The van der Waals surface area contributed by atoms with E-state index in [-0.39, 0.29) is 0 Å². The van der Waals surface area contributed by atoms with E-state index in [9.17, 15) is 5.11 Å². The van der Waals surface area contributed by atoms with Gasteiger partial charge < -0.3 is 0 Å². The fourth-order valence-electron chi connectivity index (χ4n) is 0.901. The van der Waals surface area contributed by atoms with Crippen LogP contribution >= 0.6 is 0 Å². The molecule has 0 rings (SSSR count). The Morgan fingerprint density at radius 3 is 2.50 bits per heavy atom. The quantitative estimate of drug-likeness (QED) is 0.448. The smallest absolute Gasteiger partial charge is 0.143 e. The van der Waals surface area contributed by atoms with Gasteiger partial charge in [-0.1, -0.05) is 26.2 Å². The minimum absolute atomic E-state index is 0.545. The summed E-state index contributed by atoms with van der Waals surface area (Å²) in [6.45, 7) is 2.17. The third-order valence-electron chi connectivity index (χ3n) is 1.64. The largest absolute Gasteiger partial charge is 0.293 e. The molecule has 0 aliphatic rings. The van der Waals surface area contributed by atoms with E-state index in [1.54, 1.807) is 7.05 Å². The van der Waals surface area contributed by atoms with Crippen LogP contribution in [0.1, 0.15) is 39.0 Å². The van der Waals surface area contributed by atoms with Gasteiger partial charge in [-0.3, -0.25) is 5.32 Å². The van der Waals surface area contributed by atoms with E-state index in [0.717, 1.165) is 12.8 Å². The molecule has 1 N–H and O–H groups in total. The molecule has 0 bridgehead atoms. The Morgan fingerprint density at radius 2 is 2.00 bits per heavy atom. The molecular formula is C8H18NO. The zero-order chi connectivity index (χ0) is 7.82. The fourth-order valence-corrected chi connectivity index (χ4v) is 0.901. The second-order valence-electron chi connectivity index (χ2n) is 2.63. The summed E-state index contributed by atoms with van der Waals surface area (Å²) in [4.78, 5) is 0. The summed E-state index contributed by atoms with van der Waals surface area (Å²) in [5.41, 5.74) is 0. The molecule has 10 heavy (non-hydrogen) atoms. The molecule has 0 aromatic rings. The van der Waals surface area contributed by atoms with Crippen molar-refractivity contribution in [2.75, 3.05) is 7.05 Å². The van der Waals surface area contributed by atoms with E-state index in [4.69, 9.17) is 0 Å². The van der Waals surface area contributed by atoms with Crippen molar-refractivity contribution in [1.82, 2.24) is 5.32 Å². The number of unbranched alkanes of at least 4 members (excludes halogenated alkanes) is 3. The zero-order valence-corrected chi connectivity index (χ0v) is 7.02. The summed E-state index contributed by atoms with van der Waals surface area (Å²) in [6.07, 6.45) is 5.01. The predicted octanol–water partition coefficient (Wildman–Crippen LogP) is 1.93. The van der Waals surface area contributed by atoms with Crippen LogP contribution in [0, 0.1) is 0 Å². The van der Waals surface area contributed by atoms with Gasteiger partial charge in [0.15, 0.2) is 0 Å². The summed E-state index contributed by atoms with van der Waals surface area (Å²) in [7, 11) is 1.72. The normalized spacial score (nSPS) is 13.5. The molecule has 0 fully saturated rings. The van der Waals surface area contributed by atoms with Crippen LogP contribution in [0.25, 0.3) is 0 Å². The maximum atomic E-state index is 10.7. The highest BCUT2D eigenvalue weighted by Gasteiger charge is 1.99. The van der Waals surface area contributed by atoms with Crippen LogP contribution in [0.5, 0.6) is 0 Å². The van der Waals surface area contributed by atoms with Gasteiger partial charge in [0, 0.05) is 0 Å². The van der Waals surface area contributed by atoms with Gasteiger partial charge in [-0.25, -0.2) is 5.11 Å². The molecule has 0 amide bonds. The average Bonchev–Trinajstić information content (AvgIpc) is 1.98. The van der Waals surface area contributed by atoms with Crippen LogP contribution in [0.3, 0.4) is 0 Å². The molecule has 0 aliphatic carbocycles. The first-order valence-electron chi connectivity index (χ1n) is 4.14. The second-order valence-corrected chi connectivity index (χ2v) is 2.63. The lowest BCUT2D eigenvalue weighted by atomic mass is 10.1. The van der Waals surface area contributed by atoms with Gasteiger partial charge in [0.2, 0.25) is 0 Å². The van der Waals surface area contributed by atoms with Crippen molar-refractivity contribution in [2.45, 2.75) is 45.3 Å². The highest BCUT2D eigenvalue weighted by Crippen LogP contribution is 2.03. The van der Waals surface area contributed by atoms with Crippen molar-refractivity contribution in [3.63, 3.8) is 0 Å². The van der Waals surface area contributed by atoms with Gasteiger partial charge in [-0.05, 0) is 19.9 Å². The summed E-state index contributed by atoms with van der Waals surface area (Å²) in [5.74, 6) is 0. The maximum Gasteiger partial charge on any atom is 0.143 e. The third kappa shape index (κ3) is 6.05. The third-order valence-corrected chi connectivity index (χ3v) is 1.64. The predicted molar refractivity (Wildman–Crippen MR) is 42.3 cm³/mol. The van der Waals surface area contributed by atoms with Crippen molar-refractivity contribution < 1.29 is 5.11 Å². The second kappa shape index (κ2) is 7.03. The highest BCUT2D eigenvalue weighted by atomic mass is 16.3. The molecule has 1 atom stereocenters. The van der Waals surface area contributed by atoms with Gasteiger partial charge >= 0.3 is 0 Å². The first-order chi connectivity index (χ1) is 4.81. The minimum atomic E-state index is -0.545. The highest BCUT2D eigenvalue weighted by molar-refractivity contribution is 4.48. The van der Waals surface area contributed by atoms with E-state index in [0.29, 0.717) is 0 Å². The van der Waals surface area contributed by atoms with E-state index in [1.165, 1.54) is 19.3 Å². The van der Waals surface area contributed by atoms with Crippen LogP contribution < -0.4 is 5.32 Å². The molecule has 1 unspecified atom stereocenters. The van der Waals surface area contributed by atoms with Crippen LogP contribution in [0.4, 0.5) is 0 Å². The van der Waals surface area contributed by atoms with Crippen LogP contribution in [0.15, 0.2) is 0 Å². The van der Waals surface area contributed by atoms with E-state index < -0.39 is 6.23 Å². The molecule has 0 aromatic heterocycles. The molecule has 1 radical (unpaired) electrons. The summed E-state index contributed by atoms with van der Waals surface area (Å²) < 4.78 is 0. The molecule has 0 heterocycles. The molecule has 0 aliphatic heterocycles. The van der Waals surface area contributed by atoms with Gasteiger partial charge in [0.1, 0.15) is 6.23 Å². The summed E-state index contributed by atoms with van der Waals surface area (Å²) in [6, 6.07) is 0. The summed E-state index contributed by atoms with van der Waals surface area (Å²) >= 11 is 0. The van der Waals surface area contributed by atoms with Gasteiger partial charge in [0.25, 0.3) is 0 Å². The van der Waals surface area contributed by atoms with Gasteiger partial charge in [-0.15, -0.1) is 0 Å². The lowest BCUT2D eigenvalue weighted by Crippen LogP contribution is -2.22. The monoisotopic (exact) mass is 144 g/mol. The number of nitrogens with one attached hydrogen (secondary N) is 1. The average molecular weight is 144 g/mol. The van der Waals surface area contributed by atoms with Crippen molar-refractivity contribution in [3.8, 4) is 0 Å². The van der Waals surface area contributed by atoms with Crippen molar-refractivity contribution in [3.05, 3.63) is 0 Å². The topological polar surface area (TPSA) is 31.9 Å². The number of rotatable bonds is 6. The molecule has 0 aromatic carbocycles. The molecule has 0 saturated carbocycles. The van der Waals surface area contributed by atoms with E-state index >= 15 is 0 Å². The molecule has 0 saturated heterocycles. The zero-order valence-electron chi connectivity index (χ0n) is 7.02. The Bertz CT molecular complexity index is 66.3. The fraction of sp³-hybridized carbons (Fsp3) is 1.00.